The smallest absolute Gasteiger partial charge is 0.336 e. The maximum absolute atomic E-state index is 11.6. The highest BCUT2D eigenvalue weighted by atomic mass is 32.2. The lowest BCUT2D eigenvalue weighted by atomic mass is 10.1. The molecule has 0 spiro atoms. The summed E-state index contributed by atoms with van der Waals surface area (Å²) in [5.41, 5.74) is 0.752. The Morgan fingerprint density at radius 2 is 1.86 bits per heavy atom. The maximum Gasteiger partial charge on any atom is 0.336 e. The van der Waals surface area contributed by atoms with Gasteiger partial charge in [0.05, 0.1) is 20.0 Å². The van der Waals surface area contributed by atoms with Crippen molar-refractivity contribution in [3.05, 3.63) is 29.8 Å². The second-order valence-corrected chi connectivity index (χ2v) is 6.46. The zero-order valence-electron chi connectivity index (χ0n) is 13.1. The molecule has 0 saturated heterocycles. The van der Waals surface area contributed by atoms with E-state index in [2.05, 4.69) is 11.7 Å². The van der Waals surface area contributed by atoms with Gasteiger partial charge in [0.1, 0.15) is 5.75 Å². The van der Waals surface area contributed by atoms with Gasteiger partial charge in [-0.2, -0.15) is 8.42 Å². The predicted octanol–water partition coefficient (Wildman–Crippen LogP) is 1.93. The Labute approximate surface area is 131 Å². The van der Waals surface area contributed by atoms with E-state index in [-0.39, 0.29) is 6.42 Å². The van der Waals surface area contributed by atoms with Crippen LogP contribution in [0.4, 0.5) is 0 Å². The van der Waals surface area contributed by atoms with Crippen LogP contribution in [0.3, 0.4) is 0 Å². The van der Waals surface area contributed by atoms with Gasteiger partial charge >= 0.3 is 5.97 Å². The zero-order valence-corrected chi connectivity index (χ0v) is 13.9. The van der Waals surface area contributed by atoms with Gasteiger partial charge in [-0.1, -0.05) is 25.5 Å². The standard InChI is InChI=1S/C15H22O6S/c1-4-5-10-20-13-8-6-12(7-9-13)11-14(15(16)19-2)21-22(3,17)18/h6-9,14H,4-5,10-11H2,1-3H3/t14-/m1/s1. The van der Waals surface area contributed by atoms with E-state index in [1.807, 2.05) is 0 Å². The van der Waals surface area contributed by atoms with Crippen LogP contribution in [-0.2, 0) is 30.3 Å². The molecule has 0 amide bonds. The van der Waals surface area contributed by atoms with Crippen molar-refractivity contribution in [1.82, 2.24) is 0 Å². The number of carbonyl (C=O) groups excluding carboxylic acids is 1. The van der Waals surface area contributed by atoms with Crippen LogP contribution in [-0.4, -0.2) is 40.5 Å². The molecule has 1 atom stereocenters. The van der Waals surface area contributed by atoms with Crippen molar-refractivity contribution in [2.75, 3.05) is 20.0 Å². The van der Waals surface area contributed by atoms with Crippen LogP contribution in [0.5, 0.6) is 5.75 Å². The fourth-order valence-electron chi connectivity index (χ4n) is 1.77. The minimum Gasteiger partial charge on any atom is -0.494 e. The minimum atomic E-state index is -3.75. The Morgan fingerprint density at radius 1 is 1.23 bits per heavy atom. The Hall–Kier alpha value is -1.60. The summed E-state index contributed by atoms with van der Waals surface area (Å²) >= 11 is 0. The zero-order chi connectivity index (χ0) is 16.6. The third-order valence-corrected chi connectivity index (χ3v) is 3.45. The highest BCUT2D eigenvalue weighted by molar-refractivity contribution is 7.86. The molecule has 22 heavy (non-hydrogen) atoms. The van der Waals surface area contributed by atoms with Crippen molar-refractivity contribution in [3.8, 4) is 5.75 Å². The molecule has 6 nitrogen and oxygen atoms in total. The van der Waals surface area contributed by atoms with Gasteiger partial charge in [-0.25, -0.2) is 4.79 Å². The number of hydrogen-bond acceptors (Lipinski definition) is 6. The summed E-state index contributed by atoms with van der Waals surface area (Å²) in [4.78, 5) is 11.6. The Bertz CT molecular complexity index is 564. The number of carbonyl (C=O) groups is 1. The van der Waals surface area contributed by atoms with Gasteiger partial charge in [0.2, 0.25) is 0 Å². The van der Waals surface area contributed by atoms with Crippen LogP contribution in [0.1, 0.15) is 25.3 Å². The summed E-state index contributed by atoms with van der Waals surface area (Å²) in [6, 6.07) is 7.09. The fraction of sp³-hybridized carbons (Fsp3) is 0.533. The molecule has 0 heterocycles. The van der Waals surface area contributed by atoms with E-state index >= 15 is 0 Å². The van der Waals surface area contributed by atoms with Crippen LogP contribution in [0.2, 0.25) is 0 Å². The Kier molecular flexibility index (Phi) is 7.34. The number of ether oxygens (including phenoxy) is 2. The van der Waals surface area contributed by atoms with Crippen molar-refractivity contribution in [3.63, 3.8) is 0 Å². The number of methoxy groups -OCH3 is 1. The number of benzene rings is 1. The van der Waals surface area contributed by atoms with Gasteiger partial charge in [-0.05, 0) is 24.1 Å². The summed E-state index contributed by atoms with van der Waals surface area (Å²) < 4.78 is 37.3. The predicted molar refractivity (Wildman–Crippen MR) is 82.3 cm³/mol. The number of hydrogen-bond donors (Lipinski definition) is 0. The van der Waals surface area contributed by atoms with Gasteiger partial charge in [0.25, 0.3) is 10.1 Å². The van der Waals surface area contributed by atoms with Gasteiger partial charge in [-0.3, -0.25) is 4.18 Å². The van der Waals surface area contributed by atoms with Crippen molar-refractivity contribution < 1.29 is 26.9 Å². The quantitative estimate of drug-likeness (QED) is 0.391. The molecule has 0 aliphatic heterocycles. The molecule has 0 aliphatic rings. The van der Waals surface area contributed by atoms with Crippen LogP contribution >= 0.6 is 0 Å². The van der Waals surface area contributed by atoms with Crippen molar-refractivity contribution in [1.29, 1.82) is 0 Å². The van der Waals surface area contributed by atoms with E-state index in [9.17, 15) is 13.2 Å². The number of rotatable bonds is 9. The van der Waals surface area contributed by atoms with Crippen LogP contribution in [0.15, 0.2) is 24.3 Å². The molecule has 0 bridgehead atoms. The largest absolute Gasteiger partial charge is 0.494 e. The third-order valence-electron chi connectivity index (χ3n) is 2.87. The van der Waals surface area contributed by atoms with Crippen LogP contribution < -0.4 is 4.74 Å². The Balaban J connectivity index is 2.70. The molecule has 0 saturated carbocycles. The molecular weight excluding hydrogens is 308 g/mol. The molecule has 0 N–H and O–H groups in total. The molecule has 0 unspecified atom stereocenters. The van der Waals surface area contributed by atoms with Crippen molar-refractivity contribution in [2.45, 2.75) is 32.3 Å². The lowest BCUT2D eigenvalue weighted by molar-refractivity contribution is -0.148. The first-order chi connectivity index (χ1) is 10.4. The van der Waals surface area contributed by atoms with E-state index < -0.39 is 22.2 Å². The van der Waals surface area contributed by atoms with E-state index in [0.717, 1.165) is 30.4 Å². The summed E-state index contributed by atoms with van der Waals surface area (Å²) in [5, 5.41) is 0. The van der Waals surface area contributed by atoms with Crippen molar-refractivity contribution >= 4 is 16.1 Å². The molecule has 1 aromatic carbocycles. The van der Waals surface area contributed by atoms with E-state index in [0.29, 0.717) is 6.61 Å². The van der Waals surface area contributed by atoms with Gasteiger partial charge in [0.15, 0.2) is 6.10 Å². The van der Waals surface area contributed by atoms with Gasteiger partial charge in [0, 0.05) is 6.42 Å². The third kappa shape index (κ3) is 6.91. The monoisotopic (exact) mass is 330 g/mol. The minimum absolute atomic E-state index is 0.106. The Morgan fingerprint density at radius 3 is 2.36 bits per heavy atom. The molecule has 1 rings (SSSR count). The second kappa shape index (κ2) is 8.75. The fourth-order valence-corrected chi connectivity index (χ4v) is 2.34. The average Bonchev–Trinajstić information content (AvgIpc) is 2.46. The molecule has 124 valence electrons. The molecule has 7 heteroatoms. The van der Waals surface area contributed by atoms with E-state index in [1.54, 1.807) is 24.3 Å². The average molecular weight is 330 g/mol. The van der Waals surface area contributed by atoms with Gasteiger partial charge < -0.3 is 9.47 Å². The van der Waals surface area contributed by atoms with Crippen LogP contribution in [0.25, 0.3) is 0 Å². The SMILES string of the molecule is CCCCOc1ccc(C[C@@H](OS(C)(=O)=O)C(=O)OC)cc1. The summed E-state index contributed by atoms with van der Waals surface area (Å²) in [5.74, 6) is 0.00421. The van der Waals surface area contributed by atoms with E-state index in [4.69, 9.17) is 8.92 Å². The lowest BCUT2D eigenvalue weighted by Gasteiger charge is -2.14. The lowest BCUT2D eigenvalue weighted by Crippen LogP contribution is -2.30. The second-order valence-electron chi connectivity index (χ2n) is 4.86. The highest BCUT2D eigenvalue weighted by Gasteiger charge is 2.25. The normalized spacial score (nSPS) is 12.7. The molecule has 0 radical (unpaired) electrons. The first-order valence-electron chi connectivity index (χ1n) is 7.03. The maximum atomic E-state index is 11.6. The topological polar surface area (TPSA) is 78.9 Å². The molecule has 0 fully saturated rings. The molecule has 0 aliphatic carbocycles. The number of unbranched alkanes of at least 4 members (excludes halogenated alkanes) is 1. The van der Waals surface area contributed by atoms with E-state index in [1.165, 1.54) is 7.11 Å². The summed E-state index contributed by atoms with van der Waals surface area (Å²) in [6.45, 7) is 2.74. The highest BCUT2D eigenvalue weighted by Crippen LogP contribution is 2.16. The first-order valence-corrected chi connectivity index (χ1v) is 8.85. The summed E-state index contributed by atoms with van der Waals surface area (Å²) in [6.07, 6.45) is 1.85. The first kappa shape index (κ1) is 18.4. The summed E-state index contributed by atoms with van der Waals surface area (Å²) in [7, 11) is -2.56. The molecule has 0 aromatic heterocycles. The van der Waals surface area contributed by atoms with Crippen molar-refractivity contribution in [2.24, 2.45) is 0 Å². The molecular formula is C15H22O6S. The van der Waals surface area contributed by atoms with Gasteiger partial charge in [-0.15, -0.1) is 0 Å². The molecule has 1 aromatic rings. The van der Waals surface area contributed by atoms with Crippen LogP contribution in [0, 0.1) is 0 Å². The number of esters is 1.